The Morgan fingerprint density at radius 1 is 1.04 bits per heavy atom. The van der Waals surface area contributed by atoms with E-state index in [9.17, 15) is 4.79 Å². The Hall–Kier alpha value is -1.50. The minimum Gasteiger partial charge on any atom is -0.399 e. The van der Waals surface area contributed by atoms with Crippen molar-refractivity contribution in [2.24, 2.45) is 0 Å². The summed E-state index contributed by atoms with van der Waals surface area (Å²) in [4.78, 5) is 17.3. The second-order valence-electron chi connectivity index (χ2n) is 6.81. The van der Waals surface area contributed by atoms with Crippen LogP contribution in [-0.4, -0.2) is 48.9 Å². The molecule has 1 fully saturated rings. The van der Waals surface area contributed by atoms with E-state index in [1.165, 1.54) is 5.56 Å². The molecule has 28 heavy (non-hydrogen) atoms. The molecule has 0 spiro atoms. The molecule has 1 heterocycles. The molecule has 2 aromatic rings. The van der Waals surface area contributed by atoms with E-state index in [2.05, 4.69) is 34.3 Å². The van der Waals surface area contributed by atoms with Crippen LogP contribution in [0, 0.1) is 6.92 Å². The fraction of sp³-hybridized carbons (Fsp3) is 0.350. The van der Waals surface area contributed by atoms with Gasteiger partial charge in [0.25, 0.3) is 5.91 Å². The van der Waals surface area contributed by atoms with E-state index in [0.717, 1.165) is 44.0 Å². The van der Waals surface area contributed by atoms with Crippen molar-refractivity contribution in [1.82, 2.24) is 9.80 Å². The third kappa shape index (κ3) is 7.15. The topological polar surface area (TPSA) is 61.6 Å². The minimum absolute atomic E-state index is 0. The number of hydrogen-bond donors (Lipinski definition) is 2. The van der Waals surface area contributed by atoms with Gasteiger partial charge >= 0.3 is 0 Å². The molecule has 0 saturated carbocycles. The first-order valence-corrected chi connectivity index (χ1v) is 8.68. The van der Waals surface area contributed by atoms with Gasteiger partial charge in [-0.15, -0.1) is 37.2 Å². The third-order valence-electron chi connectivity index (χ3n) is 4.69. The van der Waals surface area contributed by atoms with E-state index in [4.69, 9.17) is 5.73 Å². The Balaban J connectivity index is 0.00000243. The molecule has 5 nitrogen and oxygen atoms in total. The summed E-state index contributed by atoms with van der Waals surface area (Å²) in [5, 5.41) is 2.99. The van der Waals surface area contributed by atoms with E-state index in [1.54, 1.807) is 6.07 Å². The number of anilines is 2. The molecule has 0 radical (unpaired) electrons. The number of nitrogens with zero attached hydrogens (tertiary/aromatic N) is 2. The van der Waals surface area contributed by atoms with Gasteiger partial charge in [0.05, 0.1) is 0 Å². The van der Waals surface area contributed by atoms with Crippen molar-refractivity contribution in [3.63, 3.8) is 0 Å². The zero-order valence-electron chi connectivity index (χ0n) is 16.2. The summed E-state index contributed by atoms with van der Waals surface area (Å²) in [7, 11) is 2.16. The van der Waals surface area contributed by atoms with Crippen molar-refractivity contribution in [1.29, 1.82) is 0 Å². The fourth-order valence-corrected chi connectivity index (χ4v) is 3.09. The van der Waals surface area contributed by atoms with Crippen LogP contribution in [0.3, 0.4) is 0 Å². The van der Waals surface area contributed by atoms with E-state index >= 15 is 0 Å². The molecule has 3 rings (SSSR count). The molecular weight excluding hydrogens is 419 g/mol. The van der Waals surface area contributed by atoms with Gasteiger partial charge in [-0.1, -0.05) is 18.2 Å². The number of rotatable bonds is 4. The largest absolute Gasteiger partial charge is 0.399 e. The molecule has 2 aromatic carbocycles. The second kappa shape index (κ2) is 12.1. The molecule has 3 N–H and O–H groups in total. The van der Waals surface area contributed by atoms with Crippen LogP contribution in [0.15, 0.2) is 42.5 Å². The Bertz CT molecular complexity index is 765. The molecule has 1 aliphatic heterocycles. The summed E-state index contributed by atoms with van der Waals surface area (Å²) >= 11 is 0. The van der Waals surface area contributed by atoms with Crippen LogP contribution in [0.2, 0.25) is 0 Å². The lowest BCUT2D eigenvalue weighted by atomic mass is 10.1. The molecule has 1 amide bonds. The van der Waals surface area contributed by atoms with Crippen LogP contribution in [0.5, 0.6) is 0 Å². The number of hydrogen-bond acceptors (Lipinski definition) is 4. The third-order valence-corrected chi connectivity index (χ3v) is 4.69. The average Bonchev–Trinajstić information content (AvgIpc) is 2.59. The highest BCUT2D eigenvalue weighted by atomic mass is 35.5. The number of carbonyl (C=O) groups is 1. The van der Waals surface area contributed by atoms with Crippen molar-refractivity contribution in [3.8, 4) is 0 Å². The van der Waals surface area contributed by atoms with Crippen LogP contribution in [0.25, 0.3) is 0 Å². The van der Waals surface area contributed by atoms with Crippen LogP contribution < -0.4 is 11.1 Å². The number of likely N-dealkylation sites (N-methyl/N-ethyl adjacent to an activating group) is 1. The average molecular weight is 448 g/mol. The maximum Gasteiger partial charge on any atom is 0.256 e. The van der Waals surface area contributed by atoms with E-state index in [1.807, 2.05) is 31.2 Å². The predicted molar refractivity (Wildman–Crippen MR) is 125 cm³/mol. The van der Waals surface area contributed by atoms with Crippen molar-refractivity contribution in [2.45, 2.75) is 13.5 Å². The number of aryl methyl sites for hydroxylation is 1. The molecule has 0 unspecified atom stereocenters. The number of halogens is 3. The number of piperazine rings is 1. The first-order valence-electron chi connectivity index (χ1n) is 8.68. The van der Waals surface area contributed by atoms with Crippen LogP contribution >= 0.6 is 37.2 Å². The zero-order chi connectivity index (χ0) is 17.8. The van der Waals surface area contributed by atoms with Crippen molar-refractivity contribution < 1.29 is 4.79 Å². The quantitative estimate of drug-likeness (QED) is 0.699. The SMILES string of the molecule is Cc1ccc(N)cc1C(=O)Nc1cccc(CN2CCN(C)CC2)c1.Cl.Cl.Cl. The Morgan fingerprint density at radius 2 is 1.71 bits per heavy atom. The lowest BCUT2D eigenvalue weighted by molar-refractivity contribution is 0.102. The standard InChI is InChI=1S/C20H26N4O.3ClH/c1-15-6-7-17(21)13-19(15)20(25)22-18-5-3-4-16(12-18)14-24-10-8-23(2)9-11-24;;;/h3-7,12-13H,8-11,14,21H2,1-2H3,(H,22,25);3*1H. The summed E-state index contributed by atoms with van der Waals surface area (Å²) in [6, 6.07) is 13.5. The summed E-state index contributed by atoms with van der Waals surface area (Å²) in [6.45, 7) is 7.19. The summed E-state index contributed by atoms with van der Waals surface area (Å²) in [5.74, 6) is -0.124. The van der Waals surface area contributed by atoms with Gasteiger partial charge in [-0.2, -0.15) is 0 Å². The Kier molecular flexibility index (Phi) is 11.5. The maximum absolute atomic E-state index is 12.5. The summed E-state index contributed by atoms with van der Waals surface area (Å²) in [6.07, 6.45) is 0. The molecule has 156 valence electrons. The van der Waals surface area contributed by atoms with Gasteiger partial charge in [0, 0.05) is 49.7 Å². The lowest BCUT2D eigenvalue weighted by Gasteiger charge is -2.32. The van der Waals surface area contributed by atoms with Gasteiger partial charge in [-0.05, 0) is 49.4 Å². The second-order valence-corrected chi connectivity index (χ2v) is 6.81. The molecule has 1 aliphatic rings. The Labute approximate surface area is 185 Å². The predicted octanol–water partition coefficient (Wildman–Crippen LogP) is 3.84. The highest BCUT2D eigenvalue weighted by Gasteiger charge is 2.14. The van der Waals surface area contributed by atoms with Crippen molar-refractivity contribution in [3.05, 3.63) is 59.2 Å². The molecule has 0 atom stereocenters. The maximum atomic E-state index is 12.5. The highest BCUT2D eigenvalue weighted by molar-refractivity contribution is 6.05. The molecule has 0 aliphatic carbocycles. The normalized spacial score (nSPS) is 14.2. The van der Waals surface area contributed by atoms with E-state index < -0.39 is 0 Å². The number of carbonyl (C=O) groups excluding carboxylic acids is 1. The molecular formula is C20H29Cl3N4O. The lowest BCUT2D eigenvalue weighted by Crippen LogP contribution is -2.43. The summed E-state index contributed by atoms with van der Waals surface area (Å²) in [5.41, 5.74) is 9.97. The van der Waals surface area contributed by atoms with Gasteiger partial charge in [0.15, 0.2) is 0 Å². The first kappa shape index (κ1) is 26.5. The van der Waals surface area contributed by atoms with Gasteiger partial charge in [0.1, 0.15) is 0 Å². The van der Waals surface area contributed by atoms with Crippen molar-refractivity contribution >= 4 is 54.5 Å². The Morgan fingerprint density at radius 3 is 2.39 bits per heavy atom. The van der Waals surface area contributed by atoms with Crippen LogP contribution in [0.4, 0.5) is 11.4 Å². The highest BCUT2D eigenvalue weighted by Crippen LogP contribution is 2.17. The number of nitrogens with two attached hydrogens (primary N) is 1. The molecule has 8 heteroatoms. The van der Waals surface area contributed by atoms with E-state index in [-0.39, 0.29) is 43.1 Å². The number of nitrogen functional groups attached to an aromatic ring is 1. The monoisotopic (exact) mass is 446 g/mol. The molecule has 0 aromatic heterocycles. The minimum atomic E-state index is -0.124. The van der Waals surface area contributed by atoms with Gasteiger partial charge in [-0.3, -0.25) is 9.69 Å². The number of nitrogens with one attached hydrogen (secondary N) is 1. The number of benzene rings is 2. The zero-order valence-corrected chi connectivity index (χ0v) is 18.6. The van der Waals surface area contributed by atoms with Crippen molar-refractivity contribution in [2.75, 3.05) is 44.3 Å². The van der Waals surface area contributed by atoms with Gasteiger partial charge in [-0.25, -0.2) is 0 Å². The summed E-state index contributed by atoms with van der Waals surface area (Å²) < 4.78 is 0. The van der Waals surface area contributed by atoms with Crippen LogP contribution in [-0.2, 0) is 6.54 Å². The van der Waals surface area contributed by atoms with Gasteiger partial charge < -0.3 is 16.0 Å². The fourth-order valence-electron chi connectivity index (χ4n) is 3.09. The smallest absolute Gasteiger partial charge is 0.256 e. The van der Waals surface area contributed by atoms with E-state index in [0.29, 0.717) is 11.3 Å². The van der Waals surface area contributed by atoms with Gasteiger partial charge in [0.2, 0.25) is 0 Å². The van der Waals surface area contributed by atoms with Crippen LogP contribution in [0.1, 0.15) is 21.5 Å². The molecule has 1 saturated heterocycles. The first-order chi connectivity index (χ1) is 12.0. The molecule has 0 bridgehead atoms. The number of amides is 1.